The van der Waals surface area contributed by atoms with Gasteiger partial charge in [0.25, 0.3) is 5.82 Å². The second-order valence-corrected chi connectivity index (χ2v) is 4.67. The summed E-state index contributed by atoms with van der Waals surface area (Å²) in [6.07, 6.45) is 3.49. The van der Waals surface area contributed by atoms with Crippen LogP contribution in [0.1, 0.15) is 0 Å². The summed E-state index contributed by atoms with van der Waals surface area (Å²) in [6, 6.07) is 3.82. The zero-order chi connectivity index (χ0) is 12.0. The number of aryl methyl sites for hydroxylation is 1. The molecule has 3 rings (SSSR count). The minimum Gasteiger partial charge on any atom is -0.361 e. The van der Waals surface area contributed by atoms with Gasteiger partial charge in [0.15, 0.2) is 0 Å². The molecule has 0 spiro atoms. The van der Waals surface area contributed by atoms with E-state index in [1.165, 1.54) is 0 Å². The van der Waals surface area contributed by atoms with Gasteiger partial charge in [-0.25, -0.2) is 4.98 Å². The lowest BCUT2D eigenvalue weighted by atomic mass is 10.2. The molecule has 0 amide bonds. The Morgan fingerprint density at radius 1 is 1.24 bits per heavy atom. The van der Waals surface area contributed by atoms with Crippen LogP contribution in [-0.2, 0) is 7.05 Å². The van der Waals surface area contributed by atoms with Crippen LogP contribution in [0.15, 0.2) is 29.0 Å². The number of aromatic nitrogens is 3. The Labute approximate surface area is 106 Å². The monoisotopic (exact) mass is 286 g/mol. The SMILES string of the molecule is [C-]#[N+]c1cc2c3cc(Br)cnc3n(C)c2cn1. The smallest absolute Gasteiger partial charge is 0.270 e. The third-order valence-corrected chi connectivity index (χ3v) is 3.22. The van der Waals surface area contributed by atoms with Crippen LogP contribution in [0.5, 0.6) is 0 Å². The second kappa shape index (κ2) is 3.54. The normalized spacial score (nSPS) is 10.9. The Balaban J connectivity index is 2.57. The van der Waals surface area contributed by atoms with Gasteiger partial charge >= 0.3 is 0 Å². The van der Waals surface area contributed by atoms with Crippen molar-refractivity contribution in [1.82, 2.24) is 14.5 Å². The third-order valence-electron chi connectivity index (χ3n) is 2.79. The molecule has 0 aromatic carbocycles. The lowest BCUT2D eigenvalue weighted by molar-refractivity contribution is 0.985. The average molecular weight is 287 g/mol. The van der Waals surface area contributed by atoms with Gasteiger partial charge < -0.3 is 9.41 Å². The van der Waals surface area contributed by atoms with E-state index in [0.717, 1.165) is 26.4 Å². The molecule has 0 saturated heterocycles. The lowest BCUT2D eigenvalue weighted by Gasteiger charge is -1.94. The van der Waals surface area contributed by atoms with Gasteiger partial charge in [-0.05, 0) is 28.1 Å². The van der Waals surface area contributed by atoms with E-state index >= 15 is 0 Å². The van der Waals surface area contributed by atoms with E-state index in [9.17, 15) is 0 Å². The van der Waals surface area contributed by atoms with Crippen LogP contribution in [0.2, 0.25) is 0 Å². The van der Waals surface area contributed by atoms with Gasteiger partial charge in [0.05, 0.1) is 5.52 Å². The molecule has 0 aliphatic carbocycles. The van der Waals surface area contributed by atoms with E-state index in [2.05, 4.69) is 30.7 Å². The average Bonchev–Trinajstić information content (AvgIpc) is 2.62. The maximum atomic E-state index is 7.01. The van der Waals surface area contributed by atoms with Gasteiger partial charge in [-0.2, -0.15) is 0 Å². The van der Waals surface area contributed by atoms with Crippen molar-refractivity contribution in [2.75, 3.05) is 0 Å². The van der Waals surface area contributed by atoms with E-state index < -0.39 is 0 Å². The zero-order valence-corrected chi connectivity index (χ0v) is 10.6. The Hall–Kier alpha value is -1.93. The van der Waals surface area contributed by atoms with Crippen LogP contribution in [0.3, 0.4) is 0 Å². The van der Waals surface area contributed by atoms with Crippen molar-refractivity contribution in [3.63, 3.8) is 0 Å². The summed E-state index contributed by atoms with van der Waals surface area (Å²) in [4.78, 5) is 11.8. The Kier molecular flexibility index (Phi) is 2.13. The largest absolute Gasteiger partial charge is 0.361 e. The van der Waals surface area contributed by atoms with Crippen molar-refractivity contribution in [2.45, 2.75) is 0 Å². The highest BCUT2D eigenvalue weighted by atomic mass is 79.9. The van der Waals surface area contributed by atoms with E-state index in [-0.39, 0.29) is 0 Å². The van der Waals surface area contributed by atoms with Crippen molar-refractivity contribution >= 4 is 43.7 Å². The first-order chi connectivity index (χ1) is 8.20. The predicted octanol–water partition coefficient (Wildman–Crippen LogP) is 3.43. The molecule has 0 unspecified atom stereocenters. The number of nitrogens with zero attached hydrogens (tertiary/aromatic N) is 4. The minimum atomic E-state index is 0.407. The first-order valence-corrected chi connectivity index (χ1v) is 5.77. The molecule has 3 aromatic rings. The first kappa shape index (κ1) is 10.2. The summed E-state index contributed by atoms with van der Waals surface area (Å²) in [5.74, 6) is 0.407. The molecule has 17 heavy (non-hydrogen) atoms. The molecule has 0 bridgehead atoms. The van der Waals surface area contributed by atoms with Crippen LogP contribution >= 0.6 is 15.9 Å². The molecular weight excluding hydrogens is 280 g/mol. The molecular formula is C12H7BrN4. The number of fused-ring (bicyclic) bond motifs is 3. The standard InChI is InChI=1S/C12H7BrN4/c1-14-11-4-8-9-3-7(13)5-16-12(9)17(2)10(8)6-15-11/h3-6H,2H3. The summed E-state index contributed by atoms with van der Waals surface area (Å²) < 4.78 is 2.91. The highest BCUT2D eigenvalue weighted by Gasteiger charge is 2.11. The van der Waals surface area contributed by atoms with Crippen LogP contribution in [-0.4, -0.2) is 14.5 Å². The summed E-state index contributed by atoms with van der Waals surface area (Å²) in [6.45, 7) is 7.01. The number of hydrogen-bond donors (Lipinski definition) is 0. The van der Waals surface area contributed by atoms with Crippen LogP contribution in [0.4, 0.5) is 5.82 Å². The van der Waals surface area contributed by atoms with Crippen LogP contribution in [0.25, 0.3) is 26.8 Å². The summed E-state index contributed by atoms with van der Waals surface area (Å²) in [7, 11) is 1.95. The second-order valence-electron chi connectivity index (χ2n) is 3.76. The molecule has 0 aliphatic rings. The fourth-order valence-corrected chi connectivity index (χ4v) is 2.32. The first-order valence-electron chi connectivity index (χ1n) is 4.98. The Morgan fingerprint density at radius 2 is 2.06 bits per heavy atom. The molecule has 3 aromatic heterocycles. The van der Waals surface area contributed by atoms with Crippen molar-refractivity contribution in [3.05, 3.63) is 40.4 Å². The zero-order valence-electron chi connectivity index (χ0n) is 8.98. The fourth-order valence-electron chi connectivity index (χ4n) is 1.99. The van der Waals surface area contributed by atoms with Crippen molar-refractivity contribution in [1.29, 1.82) is 0 Å². The van der Waals surface area contributed by atoms with E-state index in [1.54, 1.807) is 18.5 Å². The van der Waals surface area contributed by atoms with Crippen LogP contribution in [0, 0.1) is 6.57 Å². The fraction of sp³-hybridized carbons (Fsp3) is 0.0833. The van der Waals surface area contributed by atoms with Crippen molar-refractivity contribution in [3.8, 4) is 0 Å². The minimum absolute atomic E-state index is 0.407. The molecule has 0 aliphatic heterocycles. The number of pyridine rings is 2. The van der Waals surface area contributed by atoms with Gasteiger partial charge in [-0.3, -0.25) is 0 Å². The summed E-state index contributed by atoms with van der Waals surface area (Å²) >= 11 is 3.42. The molecule has 82 valence electrons. The molecule has 3 heterocycles. The predicted molar refractivity (Wildman–Crippen MR) is 70.0 cm³/mol. The molecule has 4 nitrogen and oxygen atoms in total. The van der Waals surface area contributed by atoms with E-state index in [4.69, 9.17) is 6.57 Å². The molecule has 0 N–H and O–H groups in total. The highest BCUT2D eigenvalue weighted by Crippen LogP contribution is 2.30. The quantitative estimate of drug-likeness (QED) is 0.594. The molecule has 0 saturated carbocycles. The van der Waals surface area contributed by atoms with E-state index in [1.807, 2.05) is 17.7 Å². The maximum Gasteiger partial charge on any atom is 0.270 e. The Bertz CT molecular complexity index is 782. The van der Waals surface area contributed by atoms with Gasteiger partial charge in [-0.1, -0.05) is 6.57 Å². The van der Waals surface area contributed by atoms with Gasteiger partial charge in [-0.15, -0.1) is 4.98 Å². The summed E-state index contributed by atoms with van der Waals surface area (Å²) in [5, 5.41) is 2.04. The van der Waals surface area contributed by atoms with E-state index in [0.29, 0.717) is 5.82 Å². The van der Waals surface area contributed by atoms with Crippen molar-refractivity contribution in [2.24, 2.45) is 7.05 Å². The summed E-state index contributed by atoms with van der Waals surface area (Å²) in [5.41, 5.74) is 1.88. The molecule has 0 fully saturated rings. The van der Waals surface area contributed by atoms with Gasteiger partial charge in [0.2, 0.25) is 0 Å². The highest BCUT2D eigenvalue weighted by molar-refractivity contribution is 9.10. The van der Waals surface area contributed by atoms with Crippen LogP contribution < -0.4 is 0 Å². The number of halogens is 1. The topological polar surface area (TPSA) is 35.1 Å². The lowest BCUT2D eigenvalue weighted by Crippen LogP contribution is -1.89. The molecule has 0 atom stereocenters. The molecule has 5 heteroatoms. The third kappa shape index (κ3) is 1.41. The Morgan fingerprint density at radius 3 is 2.82 bits per heavy atom. The van der Waals surface area contributed by atoms with Crippen molar-refractivity contribution < 1.29 is 0 Å². The number of rotatable bonds is 0. The maximum absolute atomic E-state index is 7.01. The van der Waals surface area contributed by atoms with Gasteiger partial charge in [0, 0.05) is 28.5 Å². The molecule has 0 radical (unpaired) electrons. The van der Waals surface area contributed by atoms with Gasteiger partial charge in [0.1, 0.15) is 11.8 Å². The number of hydrogen-bond acceptors (Lipinski definition) is 2.